The van der Waals surface area contributed by atoms with E-state index in [1.54, 1.807) is 0 Å². The molecule has 1 rings (SSSR count). The number of nitrogens with zero attached hydrogens (tertiary/aromatic N) is 1. The molecule has 1 aliphatic heterocycles. The number of likely N-dealkylation sites (tertiary alicyclic amines) is 1. The number of imide groups is 1. The molecule has 36 heavy (non-hydrogen) atoms. The molecule has 0 saturated carbocycles. The third kappa shape index (κ3) is 11.0. The van der Waals surface area contributed by atoms with Crippen molar-refractivity contribution < 1.29 is 38.6 Å². The van der Waals surface area contributed by atoms with Crippen molar-refractivity contribution >= 4 is 29.6 Å². The van der Waals surface area contributed by atoms with Crippen molar-refractivity contribution in [2.45, 2.75) is 91.4 Å². The third-order valence-corrected chi connectivity index (χ3v) is 6.08. The van der Waals surface area contributed by atoms with Crippen LogP contribution in [0.25, 0.3) is 0 Å². The third-order valence-electron chi connectivity index (χ3n) is 6.08. The monoisotopic (exact) mass is 513 g/mol. The molecular weight excluding hydrogens is 470 g/mol. The molecule has 11 heteroatoms. The Balaban J connectivity index is 2.29. The Hall–Kier alpha value is -2.53. The van der Waals surface area contributed by atoms with E-state index in [9.17, 15) is 24.0 Å². The van der Waals surface area contributed by atoms with E-state index in [-0.39, 0.29) is 81.0 Å². The first-order valence-electron chi connectivity index (χ1n) is 12.5. The molecule has 1 fully saturated rings. The molecule has 11 nitrogen and oxygen atoms in total. The minimum Gasteiger partial charge on any atom is -0.480 e. The predicted octanol–water partition coefficient (Wildman–Crippen LogP) is 1.48. The Labute approximate surface area is 213 Å². The van der Waals surface area contributed by atoms with Crippen LogP contribution in [0.1, 0.15) is 74.1 Å². The normalized spacial score (nSPS) is 17.4. The van der Waals surface area contributed by atoms with E-state index in [1.165, 1.54) is 11.8 Å². The van der Waals surface area contributed by atoms with Crippen molar-refractivity contribution in [1.29, 1.82) is 0 Å². The van der Waals surface area contributed by atoms with Gasteiger partial charge in [0.25, 0.3) is 0 Å². The van der Waals surface area contributed by atoms with Crippen LogP contribution >= 0.6 is 0 Å². The highest BCUT2D eigenvalue weighted by atomic mass is 16.6. The van der Waals surface area contributed by atoms with Crippen LogP contribution in [0.15, 0.2) is 0 Å². The van der Waals surface area contributed by atoms with Crippen LogP contribution < -0.4 is 10.6 Å². The zero-order valence-electron chi connectivity index (χ0n) is 22.6. The quantitative estimate of drug-likeness (QED) is 0.207. The van der Waals surface area contributed by atoms with Gasteiger partial charge in [-0.3, -0.25) is 28.9 Å². The first-order chi connectivity index (χ1) is 16.5. The number of aliphatic carboxylic acids is 1. The largest absolute Gasteiger partial charge is 0.480 e. The van der Waals surface area contributed by atoms with Gasteiger partial charge in [0.05, 0.1) is 24.4 Å². The Kier molecular flexibility index (Phi) is 12.0. The number of hydrogen-bond donors (Lipinski definition) is 3. The Bertz CT molecular complexity index is 809. The van der Waals surface area contributed by atoms with Gasteiger partial charge < -0.3 is 25.2 Å². The van der Waals surface area contributed by atoms with Gasteiger partial charge in [-0.2, -0.15) is 0 Å². The lowest BCUT2D eigenvalue weighted by molar-refractivity contribution is -0.142. The standard InChI is InChI=1S/C25H43N3O8/c1-16(2)18-14-21(31)28(22(18)32)12-9-19(29)26-11-13-35-25(6,7)15-36-24(4,5)10-8-20(30)27-17(3)23(33)34/h16-18H,8-15H2,1-7H3,(H,26,29)(H,27,30)(H,33,34). The highest BCUT2D eigenvalue weighted by Gasteiger charge is 2.39. The Morgan fingerprint density at radius 1 is 1.03 bits per heavy atom. The second-order valence-corrected chi connectivity index (χ2v) is 10.8. The molecule has 0 bridgehead atoms. The Morgan fingerprint density at radius 3 is 2.22 bits per heavy atom. The van der Waals surface area contributed by atoms with Crippen LogP contribution in [0.4, 0.5) is 0 Å². The summed E-state index contributed by atoms with van der Waals surface area (Å²) in [5.41, 5.74) is -1.28. The Morgan fingerprint density at radius 2 is 1.67 bits per heavy atom. The first-order valence-corrected chi connectivity index (χ1v) is 12.5. The van der Waals surface area contributed by atoms with Crippen molar-refractivity contribution in [2.24, 2.45) is 11.8 Å². The maximum Gasteiger partial charge on any atom is 0.325 e. The molecule has 0 aromatic carbocycles. The number of carbonyl (C=O) groups excluding carboxylic acids is 4. The number of rotatable bonds is 16. The molecule has 0 aliphatic carbocycles. The summed E-state index contributed by atoms with van der Waals surface area (Å²) >= 11 is 0. The van der Waals surface area contributed by atoms with Gasteiger partial charge in [-0.05, 0) is 47.0 Å². The highest BCUT2D eigenvalue weighted by Crippen LogP contribution is 2.26. The van der Waals surface area contributed by atoms with Gasteiger partial charge in [-0.15, -0.1) is 0 Å². The van der Waals surface area contributed by atoms with Gasteiger partial charge in [0.15, 0.2) is 0 Å². The van der Waals surface area contributed by atoms with Gasteiger partial charge in [0, 0.05) is 38.3 Å². The van der Waals surface area contributed by atoms with E-state index < -0.39 is 23.2 Å². The summed E-state index contributed by atoms with van der Waals surface area (Å²) in [4.78, 5) is 60.4. The number of nitrogens with one attached hydrogen (secondary N) is 2. The molecule has 0 spiro atoms. The van der Waals surface area contributed by atoms with Crippen molar-refractivity contribution in [3.8, 4) is 0 Å². The topological polar surface area (TPSA) is 151 Å². The van der Waals surface area contributed by atoms with Gasteiger partial charge in [0.2, 0.25) is 23.6 Å². The molecule has 0 aromatic rings. The van der Waals surface area contributed by atoms with E-state index >= 15 is 0 Å². The fraction of sp³-hybridized carbons (Fsp3) is 0.800. The van der Waals surface area contributed by atoms with Crippen LogP contribution in [-0.2, 0) is 33.4 Å². The zero-order chi connectivity index (χ0) is 27.7. The smallest absolute Gasteiger partial charge is 0.325 e. The van der Waals surface area contributed by atoms with Crippen molar-refractivity contribution in [3.63, 3.8) is 0 Å². The summed E-state index contributed by atoms with van der Waals surface area (Å²) in [6.45, 7) is 13.4. The minimum absolute atomic E-state index is 0.0435. The number of carboxylic acid groups (broad SMARTS) is 1. The van der Waals surface area contributed by atoms with Crippen molar-refractivity contribution in [3.05, 3.63) is 0 Å². The second-order valence-electron chi connectivity index (χ2n) is 10.8. The number of carboxylic acids is 1. The van der Waals surface area contributed by atoms with Gasteiger partial charge in [0.1, 0.15) is 6.04 Å². The second kappa shape index (κ2) is 13.7. The SMILES string of the molecule is CC(NC(=O)CCC(C)(C)OCC(C)(C)OCCNC(=O)CCN1C(=O)CC(C(C)C)C1=O)C(=O)O. The molecule has 0 aromatic heterocycles. The lowest BCUT2D eigenvalue weighted by Crippen LogP contribution is -2.41. The fourth-order valence-electron chi connectivity index (χ4n) is 3.56. The lowest BCUT2D eigenvalue weighted by atomic mass is 9.94. The fourth-order valence-corrected chi connectivity index (χ4v) is 3.56. The van der Waals surface area contributed by atoms with E-state index in [2.05, 4.69) is 10.6 Å². The van der Waals surface area contributed by atoms with E-state index in [0.29, 0.717) is 6.42 Å². The number of ether oxygens (including phenoxy) is 2. The van der Waals surface area contributed by atoms with Crippen LogP contribution in [0.3, 0.4) is 0 Å². The molecule has 0 radical (unpaired) electrons. The average Bonchev–Trinajstić information content (AvgIpc) is 3.06. The molecule has 4 amide bonds. The summed E-state index contributed by atoms with van der Waals surface area (Å²) in [5, 5.41) is 14.0. The summed E-state index contributed by atoms with van der Waals surface area (Å²) in [6.07, 6.45) is 0.779. The number of carbonyl (C=O) groups is 5. The first kappa shape index (κ1) is 31.5. The van der Waals surface area contributed by atoms with E-state index in [0.717, 1.165) is 0 Å². The van der Waals surface area contributed by atoms with Crippen LogP contribution in [0.5, 0.6) is 0 Å². The molecular formula is C25H43N3O8. The molecule has 206 valence electrons. The van der Waals surface area contributed by atoms with E-state index in [4.69, 9.17) is 14.6 Å². The molecule has 2 atom stereocenters. The van der Waals surface area contributed by atoms with Crippen molar-refractivity contribution in [2.75, 3.05) is 26.3 Å². The minimum atomic E-state index is -1.09. The maximum atomic E-state index is 12.3. The van der Waals surface area contributed by atoms with Gasteiger partial charge >= 0.3 is 5.97 Å². The number of amides is 4. The summed E-state index contributed by atoms with van der Waals surface area (Å²) in [5.74, 6) is -2.36. The van der Waals surface area contributed by atoms with Gasteiger partial charge in [-0.25, -0.2) is 0 Å². The molecule has 1 saturated heterocycles. The number of hydrogen-bond acceptors (Lipinski definition) is 7. The molecule has 3 N–H and O–H groups in total. The van der Waals surface area contributed by atoms with Crippen LogP contribution in [0, 0.1) is 11.8 Å². The maximum absolute atomic E-state index is 12.3. The lowest BCUT2D eigenvalue weighted by Gasteiger charge is -2.32. The average molecular weight is 514 g/mol. The van der Waals surface area contributed by atoms with Gasteiger partial charge in [-0.1, -0.05) is 13.8 Å². The molecule has 2 unspecified atom stereocenters. The summed E-state index contributed by atoms with van der Waals surface area (Å²) in [7, 11) is 0. The summed E-state index contributed by atoms with van der Waals surface area (Å²) in [6, 6.07) is -0.947. The van der Waals surface area contributed by atoms with Crippen LogP contribution in [-0.4, -0.2) is 83.2 Å². The van der Waals surface area contributed by atoms with Crippen LogP contribution in [0.2, 0.25) is 0 Å². The molecule has 1 heterocycles. The predicted molar refractivity (Wildman–Crippen MR) is 132 cm³/mol. The summed E-state index contributed by atoms with van der Waals surface area (Å²) < 4.78 is 11.8. The van der Waals surface area contributed by atoms with E-state index in [1.807, 2.05) is 41.5 Å². The van der Waals surface area contributed by atoms with Crippen molar-refractivity contribution in [1.82, 2.24) is 15.5 Å². The zero-order valence-corrected chi connectivity index (χ0v) is 22.6. The molecule has 1 aliphatic rings. The highest BCUT2D eigenvalue weighted by molar-refractivity contribution is 6.03.